The summed E-state index contributed by atoms with van der Waals surface area (Å²) in [5, 5.41) is 11.6. The highest BCUT2D eigenvalue weighted by Gasteiger charge is 2.37. The van der Waals surface area contributed by atoms with Crippen LogP contribution in [0.15, 0.2) is 0 Å². The van der Waals surface area contributed by atoms with E-state index in [4.69, 9.17) is 14.6 Å². The van der Waals surface area contributed by atoms with Crippen molar-refractivity contribution in [3.05, 3.63) is 0 Å². The number of likely N-dealkylation sites (tertiary alicyclic amines) is 1. The SMILES string of the molecule is COC1CN(C(=O)NC(C(=O)O)C(C)C)CC1OC. The number of hydrogen-bond acceptors (Lipinski definition) is 4. The summed E-state index contributed by atoms with van der Waals surface area (Å²) in [7, 11) is 3.12. The monoisotopic (exact) mass is 274 g/mol. The predicted molar refractivity (Wildman–Crippen MR) is 68.0 cm³/mol. The second-order valence-corrected chi connectivity index (χ2v) is 4.96. The molecule has 2 N–H and O–H groups in total. The summed E-state index contributed by atoms with van der Waals surface area (Å²) >= 11 is 0. The molecule has 7 nitrogen and oxygen atoms in total. The largest absolute Gasteiger partial charge is 0.480 e. The van der Waals surface area contributed by atoms with Gasteiger partial charge in [-0.3, -0.25) is 0 Å². The van der Waals surface area contributed by atoms with E-state index < -0.39 is 18.0 Å². The zero-order valence-electron chi connectivity index (χ0n) is 11.8. The fraction of sp³-hybridized carbons (Fsp3) is 0.833. The molecule has 1 aliphatic heterocycles. The summed E-state index contributed by atoms with van der Waals surface area (Å²) in [6, 6.07) is -1.29. The van der Waals surface area contributed by atoms with Gasteiger partial charge in [0.25, 0.3) is 0 Å². The van der Waals surface area contributed by atoms with Crippen LogP contribution in [0.5, 0.6) is 0 Å². The van der Waals surface area contributed by atoms with Gasteiger partial charge in [-0.1, -0.05) is 13.8 Å². The van der Waals surface area contributed by atoms with Gasteiger partial charge in [0.1, 0.15) is 18.2 Å². The number of amides is 2. The Morgan fingerprint density at radius 1 is 1.21 bits per heavy atom. The van der Waals surface area contributed by atoms with E-state index in [2.05, 4.69) is 5.32 Å². The molecule has 2 amide bonds. The van der Waals surface area contributed by atoms with E-state index in [1.165, 1.54) is 4.90 Å². The zero-order valence-corrected chi connectivity index (χ0v) is 11.8. The third-order valence-corrected chi connectivity index (χ3v) is 3.32. The summed E-state index contributed by atoms with van der Waals surface area (Å²) in [6.07, 6.45) is -0.365. The highest BCUT2D eigenvalue weighted by Crippen LogP contribution is 2.16. The van der Waals surface area contributed by atoms with Crippen LogP contribution in [0.25, 0.3) is 0 Å². The van der Waals surface area contributed by atoms with Crippen LogP contribution < -0.4 is 5.32 Å². The van der Waals surface area contributed by atoms with Gasteiger partial charge >= 0.3 is 12.0 Å². The average Bonchev–Trinajstić information content (AvgIpc) is 2.77. The Morgan fingerprint density at radius 2 is 1.68 bits per heavy atom. The highest BCUT2D eigenvalue weighted by molar-refractivity contribution is 5.83. The van der Waals surface area contributed by atoms with Crippen molar-refractivity contribution in [3.8, 4) is 0 Å². The molecule has 3 unspecified atom stereocenters. The lowest BCUT2D eigenvalue weighted by Crippen LogP contribution is -2.49. The Labute approximate surface area is 112 Å². The Balaban J connectivity index is 2.62. The van der Waals surface area contributed by atoms with Crippen molar-refractivity contribution in [1.82, 2.24) is 10.2 Å². The molecule has 1 saturated heterocycles. The third-order valence-electron chi connectivity index (χ3n) is 3.32. The van der Waals surface area contributed by atoms with Crippen molar-refractivity contribution in [1.29, 1.82) is 0 Å². The van der Waals surface area contributed by atoms with Crippen LogP contribution in [0.3, 0.4) is 0 Å². The maximum atomic E-state index is 12.0. The minimum Gasteiger partial charge on any atom is -0.480 e. The Hall–Kier alpha value is -1.34. The van der Waals surface area contributed by atoms with Crippen LogP contribution in [0.1, 0.15) is 13.8 Å². The number of carbonyl (C=O) groups is 2. The van der Waals surface area contributed by atoms with E-state index in [1.807, 2.05) is 0 Å². The summed E-state index contributed by atoms with van der Waals surface area (Å²) in [4.78, 5) is 24.6. The second kappa shape index (κ2) is 6.72. The second-order valence-electron chi connectivity index (χ2n) is 4.96. The molecule has 0 bridgehead atoms. The summed E-state index contributed by atoms with van der Waals surface area (Å²) < 4.78 is 10.5. The fourth-order valence-electron chi connectivity index (χ4n) is 2.10. The molecular weight excluding hydrogens is 252 g/mol. The van der Waals surface area contributed by atoms with Gasteiger partial charge in [-0.2, -0.15) is 0 Å². The van der Waals surface area contributed by atoms with Crippen molar-refractivity contribution in [3.63, 3.8) is 0 Å². The van der Waals surface area contributed by atoms with Gasteiger partial charge in [0, 0.05) is 14.2 Å². The predicted octanol–water partition coefficient (Wildman–Crippen LogP) is 0.151. The third kappa shape index (κ3) is 3.81. The molecule has 19 heavy (non-hydrogen) atoms. The fourth-order valence-corrected chi connectivity index (χ4v) is 2.10. The highest BCUT2D eigenvalue weighted by atomic mass is 16.5. The van der Waals surface area contributed by atoms with Gasteiger partial charge in [0.05, 0.1) is 13.1 Å². The number of aliphatic carboxylic acids is 1. The average molecular weight is 274 g/mol. The Bertz CT molecular complexity index is 322. The van der Waals surface area contributed by atoms with Gasteiger partial charge in [-0.25, -0.2) is 9.59 Å². The standard InChI is InChI=1S/C12H22N2O5/c1-7(2)10(11(15)16)13-12(17)14-5-8(18-3)9(6-14)19-4/h7-10H,5-6H2,1-4H3,(H,13,17)(H,15,16). The van der Waals surface area contributed by atoms with Crippen molar-refractivity contribution >= 4 is 12.0 Å². The van der Waals surface area contributed by atoms with Gasteiger partial charge in [0.15, 0.2) is 0 Å². The molecule has 0 aromatic heterocycles. The van der Waals surface area contributed by atoms with Crippen LogP contribution in [0, 0.1) is 5.92 Å². The van der Waals surface area contributed by atoms with E-state index >= 15 is 0 Å². The quantitative estimate of drug-likeness (QED) is 0.745. The van der Waals surface area contributed by atoms with Gasteiger partial charge in [-0.05, 0) is 5.92 Å². The molecule has 1 heterocycles. The number of carbonyl (C=O) groups excluding carboxylic acids is 1. The maximum Gasteiger partial charge on any atom is 0.326 e. The molecule has 1 aliphatic rings. The molecule has 0 saturated carbocycles. The van der Waals surface area contributed by atoms with Gasteiger partial charge in [-0.15, -0.1) is 0 Å². The lowest BCUT2D eigenvalue weighted by atomic mass is 10.1. The number of ether oxygens (including phenoxy) is 2. The smallest absolute Gasteiger partial charge is 0.326 e. The minimum absolute atomic E-state index is 0.180. The van der Waals surface area contributed by atoms with E-state index in [-0.39, 0.29) is 18.1 Å². The van der Waals surface area contributed by atoms with Crippen LogP contribution in [0.4, 0.5) is 4.79 Å². The molecule has 0 radical (unpaired) electrons. The molecule has 110 valence electrons. The van der Waals surface area contributed by atoms with E-state index in [0.29, 0.717) is 13.1 Å². The number of rotatable bonds is 5. The molecule has 1 fully saturated rings. The molecule has 1 rings (SSSR count). The number of carboxylic acid groups (broad SMARTS) is 1. The first-order valence-corrected chi connectivity index (χ1v) is 6.24. The molecule has 0 spiro atoms. The van der Waals surface area contributed by atoms with Crippen molar-refractivity contribution < 1.29 is 24.2 Å². The zero-order chi connectivity index (χ0) is 14.6. The van der Waals surface area contributed by atoms with Crippen LogP contribution in [-0.4, -0.2) is 67.6 Å². The maximum absolute atomic E-state index is 12.0. The van der Waals surface area contributed by atoms with Gasteiger partial charge < -0.3 is 24.8 Å². The first kappa shape index (κ1) is 15.7. The van der Waals surface area contributed by atoms with Crippen LogP contribution in [-0.2, 0) is 14.3 Å². The van der Waals surface area contributed by atoms with Crippen molar-refractivity contribution in [2.75, 3.05) is 27.3 Å². The number of methoxy groups -OCH3 is 2. The number of hydrogen-bond donors (Lipinski definition) is 2. The summed E-state index contributed by atoms with van der Waals surface area (Å²) in [5.74, 6) is -1.21. The van der Waals surface area contributed by atoms with Gasteiger partial charge in [0.2, 0.25) is 0 Å². The van der Waals surface area contributed by atoms with E-state index in [9.17, 15) is 9.59 Å². The van der Waals surface area contributed by atoms with Crippen LogP contribution in [0.2, 0.25) is 0 Å². The lowest BCUT2D eigenvalue weighted by Gasteiger charge is -2.22. The lowest BCUT2D eigenvalue weighted by molar-refractivity contribution is -0.140. The van der Waals surface area contributed by atoms with E-state index in [0.717, 1.165) is 0 Å². The number of nitrogens with zero attached hydrogens (tertiary/aromatic N) is 1. The number of nitrogens with one attached hydrogen (secondary N) is 1. The normalized spacial score (nSPS) is 24.6. The molecule has 0 aromatic rings. The van der Waals surface area contributed by atoms with Crippen molar-refractivity contribution in [2.24, 2.45) is 5.92 Å². The number of carboxylic acids is 1. The molecule has 0 aromatic carbocycles. The first-order valence-electron chi connectivity index (χ1n) is 6.24. The summed E-state index contributed by atoms with van der Waals surface area (Å²) in [6.45, 7) is 4.29. The number of urea groups is 1. The molecule has 0 aliphatic carbocycles. The topological polar surface area (TPSA) is 88.1 Å². The first-order chi connectivity index (χ1) is 8.90. The van der Waals surface area contributed by atoms with E-state index in [1.54, 1.807) is 28.1 Å². The molecular formula is C12H22N2O5. The molecule has 3 atom stereocenters. The minimum atomic E-state index is -1.03. The Kier molecular flexibility index (Phi) is 5.56. The summed E-state index contributed by atoms with van der Waals surface area (Å²) in [5.41, 5.74) is 0. The van der Waals surface area contributed by atoms with Crippen LogP contribution >= 0.6 is 0 Å². The van der Waals surface area contributed by atoms with Crippen molar-refractivity contribution in [2.45, 2.75) is 32.1 Å². The molecule has 7 heteroatoms. The Morgan fingerprint density at radius 3 is 2.00 bits per heavy atom.